The van der Waals surface area contributed by atoms with Crippen molar-refractivity contribution in [2.24, 2.45) is 0 Å². The monoisotopic (exact) mass is 330 g/mol. The van der Waals surface area contributed by atoms with E-state index in [0.29, 0.717) is 18.4 Å². The van der Waals surface area contributed by atoms with E-state index in [1.807, 2.05) is 60.7 Å². The van der Waals surface area contributed by atoms with Gasteiger partial charge in [-0.2, -0.15) is 0 Å². The first kappa shape index (κ1) is 15.8. The number of amides is 2. The van der Waals surface area contributed by atoms with E-state index >= 15 is 0 Å². The quantitative estimate of drug-likeness (QED) is 0.754. The van der Waals surface area contributed by atoms with Crippen molar-refractivity contribution in [1.82, 2.24) is 10.2 Å². The molecule has 2 aromatic carbocycles. The van der Waals surface area contributed by atoms with Crippen LogP contribution in [-0.4, -0.2) is 32.4 Å². The predicted molar refractivity (Wildman–Crippen MR) is 91.9 cm³/mol. The van der Waals surface area contributed by atoms with E-state index < -0.39 is 7.34 Å². The zero-order valence-corrected chi connectivity index (χ0v) is 13.5. The van der Waals surface area contributed by atoms with Gasteiger partial charge in [0.15, 0.2) is 7.34 Å². The standard InChI is InChI=1S/C17H19N2O3P/c20-17-18-16(11-14-7-3-1-4-8-14)23(21,22)13-19(17)12-15-9-5-2-6-10-15/h1-10,21-22H,11-13H2,(H,18,20). The van der Waals surface area contributed by atoms with E-state index in [1.54, 1.807) is 0 Å². The van der Waals surface area contributed by atoms with Gasteiger partial charge in [0.2, 0.25) is 0 Å². The SMILES string of the molecule is O=C1NC(Cc2ccccc2)=P(O)(O)CN1Cc1ccccc1. The molecule has 23 heavy (non-hydrogen) atoms. The minimum absolute atomic E-state index is 0.0457. The van der Waals surface area contributed by atoms with E-state index in [9.17, 15) is 14.6 Å². The van der Waals surface area contributed by atoms with Gasteiger partial charge in [-0.15, -0.1) is 0 Å². The first-order chi connectivity index (χ1) is 11.0. The van der Waals surface area contributed by atoms with Crippen LogP contribution in [-0.2, 0) is 13.0 Å². The van der Waals surface area contributed by atoms with Gasteiger partial charge in [0.25, 0.3) is 0 Å². The fourth-order valence-corrected chi connectivity index (χ4v) is 4.15. The highest BCUT2D eigenvalue weighted by Crippen LogP contribution is 2.42. The number of nitrogens with one attached hydrogen (secondary N) is 1. The van der Waals surface area contributed by atoms with Crippen LogP contribution in [0, 0.1) is 0 Å². The van der Waals surface area contributed by atoms with E-state index in [4.69, 9.17) is 0 Å². The fraction of sp³-hybridized carbons (Fsp3) is 0.176. The van der Waals surface area contributed by atoms with Crippen LogP contribution in [0.15, 0.2) is 60.7 Å². The number of urea groups is 1. The molecule has 1 aliphatic rings. The van der Waals surface area contributed by atoms with E-state index in [2.05, 4.69) is 5.32 Å². The molecule has 2 amide bonds. The maximum Gasteiger partial charge on any atom is 0.322 e. The minimum Gasteiger partial charge on any atom is -0.351 e. The summed E-state index contributed by atoms with van der Waals surface area (Å²) in [6, 6.07) is 18.7. The molecule has 0 aliphatic carbocycles. The van der Waals surface area contributed by atoms with Gasteiger partial charge in [-0.1, -0.05) is 60.7 Å². The van der Waals surface area contributed by atoms with Crippen LogP contribution in [0.3, 0.4) is 0 Å². The number of carbonyl (C=O) groups excluding carboxylic acids is 1. The van der Waals surface area contributed by atoms with Crippen LogP contribution >= 0.6 is 7.34 Å². The second-order valence-electron chi connectivity index (χ2n) is 5.59. The Balaban J connectivity index is 1.79. The van der Waals surface area contributed by atoms with Gasteiger partial charge >= 0.3 is 6.03 Å². The predicted octanol–water partition coefficient (Wildman–Crippen LogP) is 2.37. The molecule has 5 nitrogen and oxygen atoms in total. The maximum absolute atomic E-state index is 12.3. The smallest absolute Gasteiger partial charge is 0.322 e. The molecule has 0 saturated carbocycles. The van der Waals surface area contributed by atoms with E-state index in [1.165, 1.54) is 4.90 Å². The van der Waals surface area contributed by atoms with Crippen LogP contribution in [0.2, 0.25) is 0 Å². The molecule has 0 aromatic heterocycles. The molecule has 6 heteroatoms. The normalized spacial score (nSPS) is 17.0. The molecule has 1 heterocycles. The summed E-state index contributed by atoms with van der Waals surface area (Å²) in [4.78, 5) is 34.6. The molecule has 0 spiro atoms. The molecule has 0 unspecified atom stereocenters. The maximum atomic E-state index is 12.3. The lowest BCUT2D eigenvalue weighted by Gasteiger charge is -2.34. The Morgan fingerprint density at radius 2 is 1.52 bits per heavy atom. The Labute approximate surface area is 135 Å². The zero-order chi connectivity index (χ0) is 16.3. The van der Waals surface area contributed by atoms with Gasteiger partial charge in [0, 0.05) is 13.0 Å². The topological polar surface area (TPSA) is 72.8 Å². The van der Waals surface area contributed by atoms with Crippen LogP contribution in [0.25, 0.3) is 0 Å². The summed E-state index contributed by atoms with van der Waals surface area (Å²) in [7, 11) is -3.33. The molecule has 0 atom stereocenters. The number of nitrogens with zero attached hydrogens (tertiary/aromatic N) is 1. The first-order valence-corrected chi connectivity index (χ1v) is 9.26. The van der Waals surface area contributed by atoms with Gasteiger partial charge in [-0.3, -0.25) is 0 Å². The highest BCUT2D eigenvalue weighted by Gasteiger charge is 2.31. The summed E-state index contributed by atoms with van der Waals surface area (Å²) in [5.41, 5.74) is 2.21. The number of carbonyl (C=O) groups is 1. The minimum atomic E-state index is -3.33. The van der Waals surface area contributed by atoms with E-state index in [0.717, 1.165) is 11.1 Å². The molecule has 3 N–H and O–H groups in total. The van der Waals surface area contributed by atoms with Gasteiger partial charge < -0.3 is 20.0 Å². The lowest BCUT2D eigenvalue weighted by molar-refractivity contribution is 0.204. The second kappa shape index (κ2) is 6.59. The number of rotatable bonds is 4. The molecule has 0 fully saturated rings. The van der Waals surface area contributed by atoms with Crippen LogP contribution in [0.4, 0.5) is 4.79 Å². The molecule has 0 saturated heterocycles. The van der Waals surface area contributed by atoms with Crippen LogP contribution < -0.4 is 5.32 Å². The Bertz CT molecular complexity index is 741. The summed E-state index contributed by atoms with van der Waals surface area (Å²) in [5, 5.41) is 2.68. The first-order valence-electron chi connectivity index (χ1n) is 7.38. The number of hydrogen-bond donors (Lipinski definition) is 3. The molecule has 2 aromatic rings. The fourth-order valence-electron chi connectivity index (χ4n) is 2.57. The summed E-state index contributed by atoms with van der Waals surface area (Å²) in [6.07, 6.45) is 0.294. The molecule has 3 rings (SSSR count). The molecular weight excluding hydrogens is 311 g/mol. The lowest BCUT2D eigenvalue weighted by atomic mass is 10.1. The summed E-state index contributed by atoms with van der Waals surface area (Å²) >= 11 is 0. The summed E-state index contributed by atoms with van der Waals surface area (Å²) in [5.74, 6) is 0. The Kier molecular flexibility index (Phi) is 4.53. The highest BCUT2D eigenvalue weighted by molar-refractivity contribution is 7.65. The van der Waals surface area contributed by atoms with Crippen molar-refractivity contribution in [3.8, 4) is 0 Å². The van der Waals surface area contributed by atoms with Crippen LogP contribution in [0.1, 0.15) is 11.1 Å². The van der Waals surface area contributed by atoms with Crippen molar-refractivity contribution < 1.29 is 14.6 Å². The molecular formula is C17H19N2O3P. The summed E-state index contributed by atoms with van der Waals surface area (Å²) < 4.78 is 0. The third kappa shape index (κ3) is 3.82. The third-order valence-corrected chi connectivity index (χ3v) is 5.64. The highest BCUT2D eigenvalue weighted by atomic mass is 31.2. The Hall–Kier alpha value is -2.07. The van der Waals surface area contributed by atoms with Crippen molar-refractivity contribution in [3.05, 3.63) is 71.8 Å². The second-order valence-corrected chi connectivity index (χ2v) is 7.88. The van der Waals surface area contributed by atoms with Gasteiger partial charge in [0.05, 0.1) is 11.7 Å². The lowest BCUT2D eigenvalue weighted by Crippen LogP contribution is -2.48. The average molecular weight is 330 g/mol. The van der Waals surface area contributed by atoms with Crippen molar-refractivity contribution in [2.45, 2.75) is 13.0 Å². The summed E-state index contributed by atoms with van der Waals surface area (Å²) in [6.45, 7) is 0.355. The van der Waals surface area contributed by atoms with E-state index in [-0.39, 0.29) is 12.3 Å². The van der Waals surface area contributed by atoms with Crippen LogP contribution in [0.5, 0.6) is 0 Å². The largest absolute Gasteiger partial charge is 0.351 e. The van der Waals surface area contributed by atoms with Crippen molar-refractivity contribution in [3.63, 3.8) is 0 Å². The Morgan fingerprint density at radius 1 is 0.957 bits per heavy atom. The molecule has 1 aliphatic heterocycles. The zero-order valence-electron chi connectivity index (χ0n) is 12.6. The number of benzene rings is 2. The van der Waals surface area contributed by atoms with Gasteiger partial charge in [-0.05, 0) is 11.1 Å². The van der Waals surface area contributed by atoms with Gasteiger partial charge in [-0.25, -0.2) is 4.79 Å². The van der Waals surface area contributed by atoms with Crippen molar-refractivity contribution in [1.29, 1.82) is 0 Å². The molecule has 120 valence electrons. The average Bonchev–Trinajstić information content (AvgIpc) is 2.54. The van der Waals surface area contributed by atoms with Crippen molar-refractivity contribution in [2.75, 3.05) is 6.29 Å². The third-order valence-electron chi connectivity index (χ3n) is 3.77. The molecule has 0 radical (unpaired) electrons. The molecule has 0 bridgehead atoms. The Morgan fingerprint density at radius 3 is 2.13 bits per heavy atom. The number of hydrogen-bond acceptors (Lipinski definition) is 3. The van der Waals surface area contributed by atoms with Gasteiger partial charge in [0.1, 0.15) is 0 Å². The van der Waals surface area contributed by atoms with Crippen molar-refractivity contribution >= 4 is 18.8 Å².